The molecule has 0 spiro atoms. The molecule has 0 aliphatic rings. The van der Waals surface area contributed by atoms with Gasteiger partial charge in [-0.3, -0.25) is 9.78 Å². The Morgan fingerprint density at radius 3 is 2.57 bits per heavy atom. The van der Waals surface area contributed by atoms with Gasteiger partial charge in [-0.1, -0.05) is 30.0 Å². The normalized spacial score (nSPS) is 10.9. The van der Waals surface area contributed by atoms with Gasteiger partial charge in [-0.05, 0) is 44.2 Å². The van der Waals surface area contributed by atoms with E-state index in [0.29, 0.717) is 16.7 Å². The molecule has 0 aliphatic heterocycles. The van der Waals surface area contributed by atoms with Crippen LogP contribution in [0.25, 0.3) is 17.1 Å². The van der Waals surface area contributed by atoms with Gasteiger partial charge in [0.2, 0.25) is 5.89 Å². The first-order chi connectivity index (χ1) is 13.6. The summed E-state index contributed by atoms with van der Waals surface area (Å²) in [6, 6.07) is 15.5. The van der Waals surface area contributed by atoms with E-state index in [0.717, 1.165) is 22.6 Å². The number of aryl methyl sites for hydroxylation is 1. The van der Waals surface area contributed by atoms with Crippen molar-refractivity contribution < 1.29 is 9.21 Å². The predicted octanol–water partition coefficient (Wildman–Crippen LogP) is 4.51. The van der Waals surface area contributed by atoms with Crippen molar-refractivity contribution in [2.24, 2.45) is 0 Å². The quantitative estimate of drug-likeness (QED) is 0.356. The number of hydrogen-bond donors (Lipinski definition) is 0. The second-order valence-electron chi connectivity index (χ2n) is 6.28. The molecule has 3 aromatic heterocycles. The van der Waals surface area contributed by atoms with Crippen LogP contribution in [0, 0.1) is 13.8 Å². The number of benzene rings is 1. The fourth-order valence-corrected chi connectivity index (χ4v) is 3.75. The zero-order chi connectivity index (χ0) is 19.5. The summed E-state index contributed by atoms with van der Waals surface area (Å²) >= 11 is 1.24. The third-order valence-electron chi connectivity index (χ3n) is 4.41. The highest BCUT2D eigenvalue weighted by Gasteiger charge is 2.18. The molecule has 1 aromatic carbocycles. The number of nitrogens with zero attached hydrogens (tertiary/aromatic N) is 4. The number of pyridine rings is 1. The lowest BCUT2D eigenvalue weighted by atomic mass is 10.2. The van der Waals surface area contributed by atoms with E-state index in [9.17, 15) is 4.79 Å². The summed E-state index contributed by atoms with van der Waals surface area (Å²) in [7, 11) is 0. The summed E-state index contributed by atoms with van der Waals surface area (Å²) < 4.78 is 7.73. The van der Waals surface area contributed by atoms with Gasteiger partial charge in [0, 0.05) is 40.6 Å². The summed E-state index contributed by atoms with van der Waals surface area (Å²) in [6.07, 6.45) is 3.33. The molecule has 0 saturated heterocycles. The van der Waals surface area contributed by atoms with E-state index in [4.69, 9.17) is 4.42 Å². The van der Waals surface area contributed by atoms with Gasteiger partial charge in [0.15, 0.2) is 5.78 Å². The van der Waals surface area contributed by atoms with Crippen LogP contribution < -0.4 is 0 Å². The van der Waals surface area contributed by atoms with Crippen molar-refractivity contribution in [1.29, 1.82) is 0 Å². The first-order valence-electron chi connectivity index (χ1n) is 8.78. The van der Waals surface area contributed by atoms with E-state index >= 15 is 0 Å². The molecule has 0 saturated carbocycles. The molecule has 0 unspecified atom stereocenters. The first-order valence-corrected chi connectivity index (χ1v) is 9.76. The van der Waals surface area contributed by atoms with Crippen molar-refractivity contribution in [2.75, 3.05) is 5.75 Å². The summed E-state index contributed by atoms with van der Waals surface area (Å²) in [6.45, 7) is 3.97. The molecule has 4 aromatic rings. The van der Waals surface area contributed by atoms with Gasteiger partial charge in [0.1, 0.15) is 0 Å². The number of carbonyl (C=O) groups excluding carboxylic acids is 1. The second-order valence-corrected chi connectivity index (χ2v) is 7.20. The van der Waals surface area contributed by atoms with Crippen LogP contribution in [0.4, 0.5) is 0 Å². The van der Waals surface area contributed by atoms with Gasteiger partial charge in [-0.2, -0.15) is 0 Å². The first kappa shape index (κ1) is 18.2. The van der Waals surface area contributed by atoms with Crippen LogP contribution in [-0.2, 0) is 0 Å². The summed E-state index contributed by atoms with van der Waals surface area (Å²) in [5.74, 6) is 0.681. The van der Waals surface area contributed by atoms with Gasteiger partial charge >= 0.3 is 0 Å². The monoisotopic (exact) mass is 390 g/mol. The predicted molar refractivity (Wildman–Crippen MR) is 108 cm³/mol. The van der Waals surface area contributed by atoms with E-state index in [-0.39, 0.29) is 11.5 Å². The zero-order valence-corrected chi connectivity index (χ0v) is 16.3. The van der Waals surface area contributed by atoms with Crippen LogP contribution in [0.5, 0.6) is 0 Å². The lowest BCUT2D eigenvalue weighted by Gasteiger charge is -2.09. The molecule has 0 radical (unpaired) electrons. The van der Waals surface area contributed by atoms with E-state index in [2.05, 4.69) is 19.7 Å². The average Bonchev–Trinajstić information content (AvgIpc) is 3.32. The van der Waals surface area contributed by atoms with Gasteiger partial charge in [-0.15, -0.1) is 10.2 Å². The van der Waals surface area contributed by atoms with Crippen LogP contribution in [0.1, 0.15) is 21.7 Å². The largest absolute Gasteiger partial charge is 0.411 e. The Hall–Kier alpha value is -3.19. The highest BCUT2D eigenvalue weighted by Crippen LogP contribution is 2.25. The maximum atomic E-state index is 12.8. The van der Waals surface area contributed by atoms with Crippen molar-refractivity contribution in [3.05, 3.63) is 77.9 Å². The number of rotatable bonds is 6. The van der Waals surface area contributed by atoms with Crippen molar-refractivity contribution in [3.8, 4) is 17.1 Å². The van der Waals surface area contributed by atoms with Crippen LogP contribution >= 0.6 is 11.8 Å². The summed E-state index contributed by atoms with van der Waals surface area (Å²) in [4.78, 5) is 16.7. The summed E-state index contributed by atoms with van der Waals surface area (Å²) in [5.41, 5.74) is 4.50. The fourth-order valence-electron chi connectivity index (χ4n) is 3.10. The molecule has 0 aliphatic carbocycles. The van der Waals surface area contributed by atoms with Crippen LogP contribution in [0.2, 0.25) is 0 Å². The minimum absolute atomic E-state index is 0.0314. The Kier molecular flexibility index (Phi) is 5.08. The molecule has 0 bridgehead atoms. The molecular weight excluding hydrogens is 372 g/mol. The minimum atomic E-state index is 0.0314. The van der Waals surface area contributed by atoms with Gasteiger partial charge in [-0.25, -0.2) is 0 Å². The number of aromatic nitrogens is 4. The van der Waals surface area contributed by atoms with Crippen molar-refractivity contribution in [3.63, 3.8) is 0 Å². The minimum Gasteiger partial charge on any atom is -0.411 e. The van der Waals surface area contributed by atoms with E-state index in [1.54, 1.807) is 24.5 Å². The van der Waals surface area contributed by atoms with Crippen LogP contribution in [0.3, 0.4) is 0 Å². The number of para-hydroxylation sites is 1. The van der Waals surface area contributed by atoms with Gasteiger partial charge in [0.25, 0.3) is 5.22 Å². The molecule has 0 amide bonds. The maximum Gasteiger partial charge on any atom is 0.277 e. The average molecular weight is 390 g/mol. The van der Waals surface area contributed by atoms with E-state index in [1.165, 1.54) is 11.8 Å². The molecule has 6 nitrogen and oxygen atoms in total. The Morgan fingerprint density at radius 2 is 1.82 bits per heavy atom. The molecule has 7 heteroatoms. The highest BCUT2D eigenvalue weighted by atomic mass is 32.2. The highest BCUT2D eigenvalue weighted by molar-refractivity contribution is 7.99. The Morgan fingerprint density at radius 1 is 1.07 bits per heavy atom. The maximum absolute atomic E-state index is 12.8. The summed E-state index contributed by atoms with van der Waals surface area (Å²) in [5, 5.41) is 8.42. The zero-order valence-electron chi connectivity index (χ0n) is 15.5. The number of carbonyl (C=O) groups is 1. The Bertz CT molecular complexity index is 1100. The third kappa shape index (κ3) is 3.61. The van der Waals surface area contributed by atoms with E-state index < -0.39 is 0 Å². The van der Waals surface area contributed by atoms with Crippen LogP contribution in [-0.4, -0.2) is 31.3 Å². The molecule has 28 heavy (non-hydrogen) atoms. The lowest BCUT2D eigenvalue weighted by molar-refractivity contribution is 0.102. The molecule has 0 N–H and O–H groups in total. The molecule has 4 rings (SSSR count). The van der Waals surface area contributed by atoms with Gasteiger partial charge < -0.3 is 8.98 Å². The van der Waals surface area contributed by atoms with E-state index in [1.807, 2.05) is 50.2 Å². The molecule has 140 valence electrons. The fraction of sp³-hybridized carbons (Fsp3) is 0.143. The SMILES string of the molecule is Cc1cc(C(=O)CSc2nnc(-c3ccncc3)o2)c(C)n1-c1ccccc1. The topological polar surface area (TPSA) is 73.8 Å². The van der Waals surface area contributed by atoms with Crippen molar-refractivity contribution in [1.82, 2.24) is 19.7 Å². The number of thioether (sulfide) groups is 1. The Labute approximate surface area is 166 Å². The molecule has 0 fully saturated rings. The third-order valence-corrected chi connectivity index (χ3v) is 5.22. The van der Waals surface area contributed by atoms with Crippen molar-refractivity contribution >= 4 is 17.5 Å². The smallest absolute Gasteiger partial charge is 0.277 e. The molecule has 3 heterocycles. The number of ketones is 1. The lowest BCUT2D eigenvalue weighted by Crippen LogP contribution is -2.05. The molecule has 0 atom stereocenters. The number of hydrogen-bond acceptors (Lipinski definition) is 6. The standard InChI is InChI=1S/C21H18N4O2S/c1-14-12-18(15(2)25(14)17-6-4-3-5-7-17)19(26)13-28-21-24-23-20(27-21)16-8-10-22-11-9-16/h3-12H,13H2,1-2H3. The van der Waals surface area contributed by atoms with Crippen molar-refractivity contribution in [2.45, 2.75) is 19.1 Å². The van der Waals surface area contributed by atoms with Gasteiger partial charge in [0.05, 0.1) is 5.75 Å². The Balaban J connectivity index is 1.49. The second kappa shape index (κ2) is 7.82. The number of Topliss-reactive ketones (excluding diaryl/α,β-unsaturated/α-hetero) is 1. The van der Waals surface area contributed by atoms with Crippen LogP contribution in [0.15, 0.2) is 70.6 Å². The molecular formula is C21H18N4O2S.